The van der Waals surface area contributed by atoms with Gasteiger partial charge in [0.25, 0.3) is 0 Å². The van der Waals surface area contributed by atoms with Crippen molar-refractivity contribution in [3.8, 4) is 5.75 Å². The summed E-state index contributed by atoms with van der Waals surface area (Å²) in [6, 6.07) is 7.19. The molecule has 0 unspecified atom stereocenters. The average molecular weight is 159 g/mol. The maximum absolute atomic E-state index is 9.20. The van der Waals surface area contributed by atoms with E-state index < -0.39 is 0 Å². The second-order valence-corrected chi connectivity index (χ2v) is 2.80. The Morgan fingerprint density at radius 1 is 1.25 bits per heavy atom. The Bertz CT molecular complexity index is 423. The van der Waals surface area contributed by atoms with Crippen LogP contribution in [0.25, 0.3) is 10.8 Å². The van der Waals surface area contributed by atoms with Crippen molar-refractivity contribution in [1.29, 1.82) is 0 Å². The Hall–Kier alpha value is -1.57. The van der Waals surface area contributed by atoms with E-state index in [1.165, 1.54) is 0 Å². The van der Waals surface area contributed by atoms with Gasteiger partial charge in [-0.2, -0.15) is 0 Å². The molecule has 0 saturated carbocycles. The Balaban J connectivity index is 2.86. The Kier molecular flexibility index (Phi) is 1.47. The van der Waals surface area contributed by atoms with E-state index in [4.69, 9.17) is 0 Å². The van der Waals surface area contributed by atoms with Gasteiger partial charge < -0.3 is 5.11 Å². The molecule has 0 aliphatic rings. The SMILES string of the molecule is Cc1nccc2cc(O)ccc12. The van der Waals surface area contributed by atoms with Gasteiger partial charge in [0.1, 0.15) is 5.75 Å². The maximum atomic E-state index is 9.20. The quantitative estimate of drug-likeness (QED) is 0.639. The van der Waals surface area contributed by atoms with Gasteiger partial charge in [-0.05, 0) is 36.6 Å². The van der Waals surface area contributed by atoms with Crippen molar-refractivity contribution in [1.82, 2.24) is 4.98 Å². The van der Waals surface area contributed by atoms with Gasteiger partial charge in [0.05, 0.1) is 0 Å². The molecule has 0 aliphatic heterocycles. The zero-order valence-electron chi connectivity index (χ0n) is 6.78. The minimum absolute atomic E-state index is 0.299. The molecule has 1 heterocycles. The first-order valence-electron chi connectivity index (χ1n) is 3.82. The average Bonchev–Trinajstić information content (AvgIpc) is 2.04. The molecule has 12 heavy (non-hydrogen) atoms. The lowest BCUT2D eigenvalue weighted by Crippen LogP contribution is -1.81. The van der Waals surface area contributed by atoms with Crippen LogP contribution >= 0.6 is 0 Å². The third-order valence-electron chi connectivity index (χ3n) is 1.95. The van der Waals surface area contributed by atoms with Crippen LogP contribution in [0, 0.1) is 6.92 Å². The summed E-state index contributed by atoms with van der Waals surface area (Å²) < 4.78 is 0. The minimum Gasteiger partial charge on any atom is -0.508 e. The van der Waals surface area contributed by atoms with Gasteiger partial charge >= 0.3 is 0 Å². The third kappa shape index (κ3) is 1.01. The summed E-state index contributed by atoms with van der Waals surface area (Å²) in [5, 5.41) is 11.3. The highest BCUT2D eigenvalue weighted by atomic mass is 16.3. The smallest absolute Gasteiger partial charge is 0.116 e. The fraction of sp³-hybridized carbons (Fsp3) is 0.100. The van der Waals surface area contributed by atoms with Crippen molar-refractivity contribution in [3.05, 3.63) is 36.2 Å². The highest BCUT2D eigenvalue weighted by Gasteiger charge is 1.97. The number of hydrogen-bond donors (Lipinski definition) is 1. The van der Waals surface area contributed by atoms with Gasteiger partial charge in [0.15, 0.2) is 0 Å². The van der Waals surface area contributed by atoms with Gasteiger partial charge in [-0.3, -0.25) is 4.98 Å². The molecule has 0 atom stereocenters. The lowest BCUT2D eigenvalue weighted by Gasteiger charge is -2.00. The van der Waals surface area contributed by atoms with E-state index in [1.807, 2.05) is 19.1 Å². The summed E-state index contributed by atoms with van der Waals surface area (Å²) >= 11 is 0. The first kappa shape index (κ1) is 7.10. The topological polar surface area (TPSA) is 33.1 Å². The van der Waals surface area contributed by atoms with Gasteiger partial charge in [-0.15, -0.1) is 0 Å². The molecule has 2 nitrogen and oxygen atoms in total. The number of pyridine rings is 1. The van der Waals surface area contributed by atoms with E-state index in [0.717, 1.165) is 16.5 Å². The molecule has 1 aromatic heterocycles. The molecule has 0 fully saturated rings. The van der Waals surface area contributed by atoms with Gasteiger partial charge in [-0.25, -0.2) is 0 Å². The zero-order valence-corrected chi connectivity index (χ0v) is 6.78. The number of phenolic OH excluding ortho intramolecular Hbond substituents is 1. The molecule has 60 valence electrons. The second-order valence-electron chi connectivity index (χ2n) is 2.80. The van der Waals surface area contributed by atoms with E-state index in [2.05, 4.69) is 4.98 Å². The molecular weight excluding hydrogens is 150 g/mol. The number of benzene rings is 1. The predicted octanol–water partition coefficient (Wildman–Crippen LogP) is 2.25. The van der Waals surface area contributed by atoms with Crippen LogP contribution in [0.3, 0.4) is 0 Å². The largest absolute Gasteiger partial charge is 0.508 e. The summed E-state index contributed by atoms with van der Waals surface area (Å²) in [5.41, 5.74) is 0.993. The van der Waals surface area contributed by atoms with Gasteiger partial charge in [0.2, 0.25) is 0 Å². The Labute approximate surface area is 70.5 Å². The standard InChI is InChI=1S/C10H9NO/c1-7-10-3-2-9(12)6-8(10)4-5-11-7/h2-6,12H,1H3. The predicted molar refractivity (Wildman–Crippen MR) is 48.1 cm³/mol. The molecule has 2 rings (SSSR count). The maximum Gasteiger partial charge on any atom is 0.116 e. The summed E-state index contributed by atoms with van der Waals surface area (Å²) in [5.74, 6) is 0.299. The van der Waals surface area contributed by atoms with Crippen LogP contribution in [0.2, 0.25) is 0 Å². The lowest BCUT2D eigenvalue weighted by atomic mass is 10.1. The van der Waals surface area contributed by atoms with E-state index in [0.29, 0.717) is 5.75 Å². The molecule has 0 amide bonds. The highest BCUT2D eigenvalue weighted by molar-refractivity contribution is 5.85. The van der Waals surface area contributed by atoms with Crippen molar-refractivity contribution in [3.63, 3.8) is 0 Å². The molecule has 2 aromatic rings. The number of phenols is 1. The van der Waals surface area contributed by atoms with E-state index in [1.54, 1.807) is 18.3 Å². The Morgan fingerprint density at radius 3 is 2.92 bits per heavy atom. The first-order valence-corrected chi connectivity index (χ1v) is 3.82. The fourth-order valence-corrected chi connectivity index (χ4v) is 1.32. The number of fused-ring (bicyclic) bond motifs is 1. The molecule has 0 saturated heterocycles. The van der Waals surface area contributed by atoms with Crippen LogP contribution in [0.15, 0.2) is 30.5 Å². The van der Waals surface area contributed by atoms with E-state index >= 15 is 0 Å². The van der Waals surface area contributed by atoms with Crippen LogP contribution in [0.5, 0.6) is 5.75 Å². The number of aromatic nitrogens is 1. The second kappa shape index (κ2) is 2.48. The third-order valence-corrected chi connectivity index (χ3v) is 1.95. The number of rotatable bonds is 0. The molecule has 1 N–H and O–H groups in total. The normalized spacial score (nSPS) is 10.4. The summed E-state index contributed by atoms with van der Waals surface area (Å²) in [4.78, 5) is 4.16. The van der Waals surface area contributed by atoms with Crippen molar-refractivity contribution >= 4 is 10.8 Å². The minimum atomic E-state index is 0.299. The number of aromatic hydroxyl groups is 1. The van der Waals surface area contributed by atoms with Gasteiger partial charge in [0, 0.05) is 17.3 Å². The number of hydrogen-bond acceptors (Lipinski definition) is 2. The van der Waals surface area contributed by atoms with Crippen LogP contribution < -0.4 is 0 Å². The molecular formula is C10H9NO. The van der Waals surface area contributed by atoms with Gasteiger partial charge in [-0.1, -0.05) is 0 Å². The molecule has 1 aromatic carbocycles. The molecule has 0 radical (unpaired) electrons. The zero-order chi connectivity index (χ0) is 8.55. The number of aryl methyl sites for hydroxylation is 1. The van der Waals surface area contributed by atoms with Crippen molar-refractivity contribution in [2.45, 2.75) is 6.92 Å². The molecule has 0 spiro atoms. The highest BCUT2D eigenvalue weighted by Crippen LogP contribution is 2.20. The first-order chi connectivity index (χ1) is 5.77. The Morgan fingerprint density at radius 2 is 2.08 bits per heavy atom. The van der Waals surface area contributed by atoms with Crippen LogP contribution in [0.4, 0.5) is 0 Å². The molecule has 0 bridgehead atoms. The van der Waals surface area contributed by atoms with Crippen LogP contribution in [-0.2, 0) is 0 Å². The summed E-state index contributed by atoms with van der Waals surface area (Å²) in [7, 11) is 0. The molecule has 0 aliphatic carbocycles. The lowest BCUT2D eigenvalue weighted by molar-refractivity contribution is 0.476. The molecule has 2 heteroatoms. The van der Waals surface area contributed by atoms with E-state index in [9.17, 15) is 5.11 Å². The van der Waals surface area contributed by atoms with Crippen molar-refractivity contribution in [2.24, 2.45) is 0 Å². The summed E-state index contributed by atoms with van der Waals surface area (Å²) in [6.07, 6.45) is 1.75. The van der Waals surface area contributed by atoms with Crippen LogP contribution in [0.1, 0.15) is 5.69 Å². The number of nitrogens with zero attached hydrogens (tertiary/aromatic N) is 1. The van der Waals surface area contributed by atoms with Crippen molar-refractivity contribution < 1.29 is 5.11 Å². The van der Waals surface area contributed by atoms with Crippen molar-refractivity contribution in [2.75, 3.05) is 0 Å². The fourth-order valence-electron chi connectivity index (χ4n) is 1.32. The van der Waals surface area contributed by atoms with Crippen LogP contribution in [-0.4, -0.2) is 10.1 Å². The monoisotopic (exact) mass is 159 g/mol. The summed E-state index contributed by atoms with van der Waals surface area (Å²) in [6.45, 7) is 1.96. The van der Waals surface area contributed by atoms with E-state index in [-0.39, 0.29) is 0 Å².